The molecule has 1 aromatic carbocycles. The molecule has 0 atom stereocenters. The number of aromatic nitrogens is 2. The first kappa shape index (κ1) is 12.4. The molecular formula is C13H19N5. The Morgan fingerprint density at radius 2 is 1.83 bits per heavy atom. The first-order valence-corrected chi connectivity index (χ1v) is 5.88. The van der Waals surface area contributed by atoms with Gasteiger partial charge in [0.1, 0.15) is 5.69 Å². The summed E-state index contributed by atoms with van der Waals surface area (Å²) in [6.07, 6.45) is 1.63. The highest BCUT2D eigenvalue weighted by molar-refractivity contribution is 5.69. The molecule has 2 aromatic rings. The van der Waals surface area contributed by atoms with Crippen LogP contribution in [0.15, 0.2) is 30.5 Å². The second-order valence-corrected chi connectivity index (χ2v) is 5.26. The van der Waals surface area contributed by atoms with Gasteiger partial charge >= 0.3 is 0 Å². The molecule has 0 aliphatic heterocycles. The summed E-state index contributed by atoms with van der Waals surface area (Å²) in [7, 11) is 0. The zero-order valence-electron chi connectivity index (χ0n) is 10.9. The van der Waals surface area contributed by atoms with Gasteiger partial charge in [-0.05, 0) is 23.1 Å². The number of hydrazine groups is 1. The van der Waals surface area contributed by atoms with Crippen molar-refractivity contribution in [2.75, 3.05) is 10.7 Å². The lowest BCUT2D eigenvalue weighted by Gasteiger charge is -2.19. The van der Waals surface area contributed by atoms with E-state index in [4.69, 9.17) is 5.84 Å². The number of nitrogens with one attached hydrogen (secondary N) is 3. The number of nitrogens with two attached hydrogens (primary N) is 1. The summed E-state index contributed by atoms with van der Waals surface area (Å²) < 4.78 is 0. The SMILES string of the molecule is CC(C)(C)c1ccc(Nc2[nH]ncc2NN)cc1. The Hall–Kier alpha value is -2.01. The van der Waals surface area contributed by atoms with Gasteiger partial charge in [0.25, 0.3) is 0 Å². The van der Waals surface area contributed by atoms with Gasteiger partial charge in [0.2, 0.25) is 0 Å². The maximum absolute atomic E-state index is 5.38. The summed E-state index contributed by atoms with van der Waals surface area (Å²) in [5.41, 5.74) is 5.76. The first-order chi connectivity index (χ1) is 8.50. The number of rotatable bonds is 3. The Bertz CT molecular complexity index is 507. The van der Waals surface area contributed by atoms with Crippen LogP contribution >= 0.6 is 0 Å². The number of nitrogen functional groups attached to an aromatic ring is 1. The van der Waals surface area contributed by atoms with Crippen molar-refractivity contribution < 1.29 is 0 Å². The molecule has 0 aliphatic rings. The van der Waals surface area contributed by atoms with Crippen LogP contribution in [-0.4, -0.2) is 10.2 Å². The van der Waals surface area contributed by atoms with Gasteiger partial charge in [-0.3, -0.25) is 10.9 Å². The summed E-state index contributed by atoms with van der Waals surface area (Å²) in [6.45, 7) is 6.59. The Morgan fingerprint density at radius 3 is 2.39 bits per heavy atom. The monoisotopic (exact) mass is 245 g/mol. The van der Waals surface area contributed by atoms with E-state index < -0.39 is 0 Å². The van der Waals surface area contributed by atoms with E-state index in [1.807, 2.05) is 12.1 Å². The van der Waals surface area contributed by atoms with E-state index in [2.05, 4.69) is 53.8 Å². The summed E-state index contributed by atoms with van der Waals surface area (Å²) in [6, 6.07) is 8.33. The van der Waals surface area contributed by atoms with E-state index >= 15 is 0 Å². The zero-order valence-corrected chi connectivity index (χ0v) is 10.9. The fourth-order valence-electron chi connectivity index (χ4n) is 1.69. The zero-order chi connectivity index (χ0) is 13.2. The van der Waals surface area contributed by atoms with Crippen LogP contribution in [-0.2, 0) is 5.41 Å². The van der Waals surface area contributed by atoms with Gasteiger partial charge in [-0.15, -0.1) is 0 Å². The van der Waals surface area contributed by atoms with Crippen molar-refractivity contribution in [3.05, 3.63) is 36.0 Å². The molecule has 1 aromatic heterocycles. The predicted molar refractivity (Wildman–Crippen MR) is 74.8 cm³/mol. The molecule has 0 aliphatic carbocycles. The Kier molecular flexibility index (Phi) is 3.25. The molecule has 0 saturated heterocycles. The molecule has 0 saturated carbocycles. The molecular weight excluding hydrogens is 226 g/mol. The number of anilines is 3. The van der Waals surface area contributed by atoms with Crippen LogP contribution in [0.4, 0.5) is 17.2 Å². The van der Waals surface area contributed by atoms with Gasteiger partial charge in [-0.25, -0.2) is 0 Å². The molecule has 5 heteroatoms. The van der Waals surface area contributed by atoms with Crippen LogP contribution < -0.4 is 16.6 Å². The Morgan fingerprint density at radius 1 is 1.17 bits per heavy atom. The smallest absolute Gasteiger partial charge is 0.151 e. The maximum atomic E-state index is 5.38. The third-order valence-electron chi connectivity index (χ3n) is 2.82. The van der Waals surface area contributed by atoms with E-state index in [0.29, 0.717) is 0 Å². The van der Waals surface area contributed by atoms with Gasteiger partial charge in [0, 0.05) is 5.69 Å². The largest absolute Gasteiger partial charge is 0.339 e. The lowest BCUT2D eigenvalue weighted by Crippen LogP contribution is -2.10. The van der Waals surface area contributed by atoms with Crippen LogP contribution in [0.5, 0.6) is 0 Å². The summed E-state index contributed by atoms with van der Waals surface area (Å²) in [4.78, 5) is 0. The van der Waals surface area contributed by atoms with E-state index in [0.717, 1.165) is 17.2 Å². The predicted octanol–water partition coefficient (Wildman–Crippen LogP) is 2.74. The van der Waals surface area contributed by atoms with Gasteiger partial charge in [-0.2, -0.15) is 5.10 Å². The third kappa shape index (κ3) is 2.62. The number of benzene rings is 1. The van der Waals surface area contributed by atoms with Crippen molar-refractivity contribution in [3.8, 4) is 0 Å². The normalized spacial score (nSPS) is 11.3. The summed E-state index contributed by atoms with van der Waals surface area (Å²) in [5.74, 6) is 6.13. The molecule has 5 N–H and O–H groups in total. The van der Waals surface area contributed by atoms with Crippen molar-refractivity contribution >= 4 is 17.2 Å². The first-order valence-electron chi connectivity index (χ1n) is 5.88. The van der Waals surface area contributed by atoms with Crippen LogP contribution in [0.25, 0.3) is 0 Å². The molecule has 0 bridgehead atoms. The van der Waals surface area contributed by atoms with Crippen LogP contribution in [0, 0.1) is 0 Å². The van der Waals surface area contributed by atoms with Crippen LogP contribution in [0.1, 0.15) is 26.3 Å². The molecule has 0 radical (unpaired) electrons. The quantitative estimate of drug-likeness (QED) is 0.495. The van der Waals surface area contributed by atoms with E-state index in [1.165, 1.54) is 5.56 Å². The average molecular weight is 245 g/mol. The van der Waals surface area contributed by atoms with Crippen molar-refractivity contribution in [2.45, 2.75) is 26.2 Å². The minimum absolute atomic E-state index is 0.163. The number of nitrogens with zero attached hydrogens (tertiary/aromatic N) is 1. The van der Waals surface area contributed by atoms with E-state index in [9.17, 15) is 0 Å². The highest BCUT2D eigenvalue weighted by Crippen LogP contribution is 2.26. The molecule has 0 unspecified atom stereocenters. The van der Waals surface area contributed by atoms with E-state index in [1.54, 1.807) is 6.20 Å². The summed E-state index contributed by atoms with van der Waals surface area (Å²) in [5, 5.41) is 9.98. The molecule has 2 rings (SSSR count). The van der Waals surface area contributed by atoms with Gasteiger partial charge in [-0.1, -0.05) is 32.9 Å². The fourth-order valence-corrected chi connectivity index (χ4v) is 1.69. The molecule has 0 spiro atoms. The highest BCUT2D eigenvalue weighted by Gasteiger charge is 2.13. The molecule has 0 fully saturated rings. The van der Waals surface area contributed by atoms with Gasteiger partial charge in [0.15, 0.2) is 5.82 Å². The molecule has 96 valence electrons. The minimum Gasteiger partial charge on any atom is -0.339 e. The second kappa shape index (κ2) is 4.70. The van der Waals surface area contributed by atoms with Gasteiger partial charge < -0.3 is 10.7 Å². The fraction of sp³-hybridized carbons (Fsp3) is 0.308. The number of H-pyrrole nitrogens is 1. The third-order valence-corrected chi connectivity index (χ3v) is 2.82. The highest BCUT2D eigenvalue weighted by atomic mass is 15.3. The van der Waals surface area contributed by atoms with Gasteiger partial charge in [0.05, 0.1) is 6.20 Å². The van der Waals surface area contributed by atoms with Crippen molar-refractivity contribution in [2.24, 2.45) is 5.84 Å². The average Bonchev–Trinajstić information content (AvgIpc) is 2.76. The van der Waals surface area contributed by atoms with Crippen LogP contribution in [0.2, 0.25) is 0 Å². The number of hydrogen-bond acceptors (Lipinski definition) is 4. The maximum Gasteiger partial charge on any atom is 0.151 e. The molecule has 1 heterocycles. The second-order valence-electron chi connectivity index (χ2n) is 5.26. The van der Waals surface area contributed by atoms with Crippen molar-refractivity contribution in [3.63, 3.8) is 0 Å². The standard InChI is InChI=1S/C13H19N5/c1-13(2,3)9-4-6-10(7-5-9)16-12-11(17-14)8-15-18-12/h4-8,17H,14H2,1-3H3,(H2,15,16,18). The molecule has 5 nitrogen and oxygen atoms in total. The van der Waals surface area contributed by atoms with Crippen molar-refractivity contribution in [1.29, 1.82) is 0 Å². The lowest BCUT2D eigenvalue weighted by molar-refractivity contribution is 0.590. The Labute approximate surface area is 107 Å². The molecule has 18 heavy (non-hydrogen) atoms. The topological polar surface area (TPSA) is 78.8 Å². The Balaban J connectivity index is 2.16. The van der Waals surface area contributed by atoms with E-state index in [-0.39, 0.29) is 5.41 Å². The summed E-state index contributed by atoms with van der Waals surface area (Å²) >= 11 is 0. The van der Waals surface area contributed by atoms with Crippen LogP contribution in [0.3, 0.4) is 0 Å². The lowest BCUT2D eigenvalue weighted by atomic mass is 9.87. The minimum atomic E-state index is 0.163. The number of hydrogen-bond donors (Lipinski definition) is 4. The molecule has 0 amide bonds. The van der Waals surface area contributed by atoms with Crippen molar-refractivity contribution in [1.82, 2.24) is 10.2 Å². The number of aromatic amines is 1.